The molecular weight excluding hydrogens is 496 g/mol. The molecule has 0 aliphatic carbocycles. The van der Waals surface area contributed by atoms with Gasteiger partial charge in [0.1, 0.15) is 17.3 Å². The average Bonchev–Trinajstić information content (AvgIpc) is 3.19. The van der Waals surface area contributed by atoms with Crippen LogP contribution < -0.4 is 9.47 Å². The van der Waals surface area contributed by atoms with Gasteiger partial charge in [-0.3, -0.25) is 0 Å². The van der Waals surface area contributed by atoms with Crippen LogP contribution >= 0.6 is 31.9 Å². The van der Waals surface area contributed by atoms with Crippen molar-refractivity contribution >= 4 is 31.9 Å². The Bertz CT molecular complexity index is 1130. The summed E-state index contributed by atoms with van der Waals surface area (Å²) in [5.74, 6) is 2.16. The largest absolute Gasteiger partial charge is 0.497 e. The van der Waals surface area contributed by atoms with Gasteiger partial charge in [0.05, 0.1) is 25.6 Å². The first-order valence-electron chi connectivity index (χ1n) is 8.93. The number of H-pyrrole nitrogens is 1. The number of ether oxygens (including phenoxy) is 2. The van der Waals surface area contributed by atoms with Gasteiger partial charge in [-0.15, -0.1) is 0 Å². The Morgan fingerprint density at radius 2 is 1.45 bits per heavy atom. The van der Waals surface area contributed by atoms with Crippen molar-refractivity contribution in [3.8, 4) is 45.4 Å². The van der Waals surface area contributed by atoms with E-state index in [0.717, 1.165) is 42.8 Å². The van der Waals surface area contributed by atoms with Crippen molar-refractivity contribution in [1.29, 1.82) is 0 Å². The van der Waals surface area contributed by atoms with Gasteiger partial charge in [0, 0.05) is 31.7 Å². The van der Waals surface area contributed by atoms with E-state index >= 15 is 0 Å². The molecule has 4 nitrogen and oxygen atoms in total. The van der Waals surface area contributed by atoms with E-state index in [1.54, 1.807) is 14.2 Å². The molecule has 0 fully saturated rings. The Balaban J connectivity index is 1.93. The number of nitrogens with one attached hydrogen (secondary N) is 1. The van der Waals surface area contributed by atoms with E-state index in [-0.39, 0.29) is 0 Å². The van der Waals surface area contributed by atoms with E-state index in [0.29, 0.717) is 11.5 Å². The molecule has 0 spiro atoms. The van der Waals surface area contributed by atoms with E-state index in [2.05, 4.69) is 55.0 Å². The predicted octanol–water partition coefficient (Wildman–Crippen LogP) is 6.95. The van der Waals surface area contributed by atoms with Crippen LogP contribution in [0.4, 0.5) is 0 Å². The van der Waals surface area contributed by atoms with Gasteiger partial charge in [-0.25, -0.2) is 4.98 Å². The fourth-order valence-electron chi connectivity index (χ4n) is 3.13. The minimum atomic E-state index is 0.711. The predicted molar refractivity (Wildman–Crippen MR) is 123 cm³/mol. The molecule has 0 amide bonds. The summed E-state index contributed by atoms with van der Waals surface area (Å²) in [4.78, 5) is 8.45. The first kappa shape index (κ1) is 19.7. The standard InChI is InChI=1S/C23H18Br2N2O2/c1-28-17-11-15(12-18(13-17)29-2)23-26-21(14-7-9-16(24)10-8-14)22(27-23)19-5-3-4-6-20(19)25/h3-13H,1-2H3,(H,26,27). The molecule has 0 saturated carbocycles. The second kappa shape index (κ2) is 8.43. The molecule has 0 aliphatic heterocycles. The van der Waals surface area contributed by atoms with Crippen molar-refractivity contribution in [3.63, 3.8) is 0 Å². The zero-order valence-corrected chi connectivity index (χ0v) is 19.0. The summed E-state index contributed by atoms with van der Waals surface area (Å²) < 4.78 is 12.9. The summed E-state index contributed by atoms with van der Waals surface area (Å²) in [6.45, 7) is 0. The number of imidazole rings is 1. The van der Waals surface area contributed by atoms with Crippen molar-refractivity contribution in [3.05, 3.63) is 75.7 Å². The van der Waals surface area contributed by atoms with E-state index < -0.39 is 0 Å². The highest BCUT2D eigenvalue weighted by atomic mass is 79.9. The molecule has 6 heteroatoms. The lowest BCUT2D eigenvalue weighted by atomic mass is 10.1. The van der Waals surface area contributed by atoms with Crippen LogP contribution in [0.1, 0.15) is 0 Å². The van der Waals surface area contributed by atoms with Gasteiger partial charge in [0.25, 0.3) is 0 Å². The number of aromatic nitrogens is 2. The lowest BCUT2D eigenvalue weighted by molar-refractivity contribution is 0.394. The molecule has 0 aliphatic rings. The van der Waals surface area contributed by atoms with Crippen molar-refractivity contribution in [1.82, 2.24) is 9.97 Å². The summed E-state index contributed by atoms with van der Waals surface area (Å²) in [6, 6.07) is 22.0. The Morgan fingerprint density at radius 3 is 2.07 bits per heavy atom. The quantitative estimate of drug-likeness (QED) is 0.314. The number of benzene rings is 3. The molecule has 0 atom stereocenters. The molecule has 1 N–H and O–H groups in total. The van der Waals surface area contributed by atoms with Crippen molar-refractivity contribution < 1.29 is 9.47 Å². The van der Waals surface area contributed by atoms with Gasteiger partial charge in [0.2, 0.25) is 0 Å². The number of hydrogen-bond acceptors (Lipinski definition) is 3. The molecule has 1 heterocycles. The van der Waals surface area contributed by atoms with Crippen molar-refractivity contribution in [2.45, 2.75) is 0 Å². The minimum absolute atomic E-state index is 0.711. The van der Waals surface area contributed by atoms with Crippen LogP contribution in [0.2, 0.25) is 0 Å². The number of aromatic amines is 1. The Kier molecular flexibility index (Phi) is 5.74. The minimum Gasteiger partial charge on any atom is -0.497 e. The van der Waals surface area contributed by atoms with Crippen LogP contribution in [0.3, 0.4) is 0 Å². The second-order valence-corrected chi connectivity index (χ2v) is 8.17. The van der Waals surface area contributed by atoms with Gasteiger partial charge in [-0.1, -0.05) is 62.2 Å². The van der Waals surface area contributed by atoms with E-state index in [4.69, 9.17) is 14.5 Å². The molecule has 3 aromatic carbocycles. The smallest absolute Gasteiger partial charge is 0.138 e. The lowest BCUT2D eigenvalue weighted by Gasteiger charge is -2.07. The maximum absolute atomic E-state index is 5.42. The average molecular weight is 514 g/mol. The summed E-state index contributed by atoms with van der Waals surface area (Å²) in [7, 11) is 3.28. The van der Waals surface area contributed by atoms with Gasteiger partial charge in [-0.2, -0.15) is 0 Å². The second-order valence-electron chi connectivity index (χ2n) is 6.40. The number of methoxy groups -OCH3 is 2. The molecular formula is C23H18Br2N2O2. The summed E-state index contributed by atoms with van der Waals surface area (Å²) in [5, 5.41) is 0. The third-order valence-corrected chi connectivity index (χ3v) is 5.81. The van der Waals surface area contributed by atoms with Crippen molar-refractivity contribution in [2.75, 3.05) is 14.2 Å². The van der Waals surface area contributed by atoms with E-state index in [1.165, 1.54) is 0 Å². The number of hydrogen-bond donors (Lipinski definition) is 1. The third kappa shape index (κ3) is 4.09. The molecule has 0 saturated heterocycles. The fraction of sp³-hybridized carbons (Fsp3) is 0.0870. The highest BCUT2D eigenvalue weighted by Gasteiger charge is 2.18. The van der Waals surface area contributed by atoms with Crippen LogP contribution in [0.25, 0.3) is 33.9 Å². The van der Waals surface area contributed by atoms with Crippen molar-refractivity contribution in [2.24, 2.45) is 0 Å². The molecule has 1 aromatic heterocycles. The molecule has 4 rings (SSSR count). The van der Waals surface area contributed by atoms with Gasteiger partial charge in [-0.05, 0) is 30.3 Å². The van der Waals surface area contributed by atoms with Crippen LogP contribution in [-0.4, -0.2) is 24.2 Å². The Morgan fingerprint density at radius 1 is 0.793 bits per heavy atom. The Hall–Kier alpha value is -2.57. The van der Waals surface area contributed by atoms with E-state index in [9.17, 15) is 0 Å². The van der Waals surface area contributed by atoms with Crippen LogP contribution in [-0.2, 0) is 0 Å². The first-order valence-corrected chi connectivity index (χ1v) is 10.5. The highest BCUT2D eigenvalue weighted by Crippen LogP contribution is 2.38. The molecule has 4 aromatic rings. The molecule has 0 bridgehead atoms. The SMILES string of the molecule is COc1cc(OC)cc(-c2nc(-c3ccc(Br)cc3)c(-c3ccccc3Br)[nH]2)c1. The fourth-order valence-corrected chi connectivity index (χ4v) is 3.88. The summed E-state index contributed by atoms with van der Waals surface area (Å²) in [5.41, 5.74) is 4.77. The molecule has 29 heavy (non-hydrogen) atoms. The monoisotopic (exact) mass is 512 g/mol. The van der Waals surface area contributed by atoms with E-state index in [1.807, 2.05) is 48.5 Å². The molecule has 0 radical (unpaired) electrons. The molecule has 146 valence electrons. The normalized spacial score (nSPS) is 10.8. The Labute approximate surface area is 186 Å². The van der Waals surface area contributed by atoms with Crippen LogP contribution in [0, 0.1) is 0 Å². The zero-order chi connectivity index (χ0) is 20.4. The maximum atomic E-state index is 5.42. The van der Waals surface area contributed by atoms with Gasteiger partial charge >= 0.3 is 0 Å². The number of rotatable bonds is 5. The first-order chi connectivity index (χ1) is 14.1. The summed E-state index contributed by atoms with van der Waals surface area (Å²) in [6.07, 6.45) is 0. The van der Waals surface area contributed by atoms with Crippen LogP contribution in [0.15, 0.2) is 75.7 Å². The summed E-state index contributed by atoms with van der Waals surface area (Å²) >= 11 is 7.17. The van der Waals surface area contributed by atoms with Crippen LogP contribution in [0.5, 0.6) is 11.5 Å². The highest BCUT2D eigenvalue weighted by molar-refractivity contribution is 9.10. The number of nitrogens with zero attached hydrogens (tertiary/aromatic N) is 1. The van der Waals surface area contributed by atoms with Gasteiger partial charge in [0.15, 0.2) is 0 Å². The number of halogens is 2. The molecule has 0 unspecified atom stereocenters. The maximum Gasteiger partial charge on any atom is 0.138 e. The lowest BCUT2D eigenvalue weighted by Crippen LogP contribution is -1.90. The zero-order valence-electron chi connectivity index (χ0n) is 15.9. The third-order valence-electron chi connectivity index (χ3n) is 4.59. The van der Waals surface area contributed by atoms with Gasteiger partial charge < -0.3 is 14.5 Å². The topological polar surface area (TPSA) is 47.1 Å².